The second kappa shape index (κ2) is 8.18. The predicted octanol–water partition coefficient (Wildman–Crippen LogP) is 4.34. The molecule has 1 aliphatic rings. The lowest BCUT2D eigenvalue weighted by Gasteiger charge is -2.25. The van der Waals surface area contributed by atoms with Crippen molar-refractivity contribution >= 4 is 23.5 Å². The van der Waals surface area contributed by atoms with Crippen LogP contribution in [0.1, 0.15) is 65.2 Å². The lowest BCUT2D eigenvalue weighted by Crippen LogP contribution is -2.21. The summed E-state index contributed by atoms with van der Waals surface area (Å²) in [6.07, 6.45) is 2.76. The zero-order valence-electron chi connectivity index (χ0n) is 18.1. The number of ether oxygens (including phenoxy) is 2. The molecule has 0 atom stereocenters. The van der Waals surface area contributed by atoms with Gasteiger partial charge in [-0.05, 0) is 40.5 Å². The minimum atomic E-state index is -0.861. The molecule has 0 bridgehead atoms. The van der Waals surface area contributed by atoms with Gasteiger partial charge in [-0.1, -0.05) is 59.7 Å². The number of allylic oxidation sites excluding steroid dienone is 1. The Morgan fingerprint density at radius 3 is 2.10 bits per heavy atom. The van der Waals surface area contributed by atoms with Gasteiger partial charge in [-0.15, -0.1) is 0 Å². The van der Waals surface area contributed by atoms with Crippen LogP contribution in [-0.2, 0) is 29.9 Å². The number of rotatable bonds is 4. The van der Waals surface area contributed by atoms with Gasteiger partial charge in [-0.2, -0.15) is 4.79 Å². The monoisotopic (exact) mass is 396 g/mol. The highest BCUT2D eigenvalue weighted by Crippen LogP contribution is 2.32. The van der Waals surface area contributed by atoms with E-state index in [-0.39, 0.29) is 29.0 Å². The molecule has 1 aliphatic heterocycles. The van der Waals surface area contributed by atoms with Crippen molar-refractivity contribution in [3.63, 3.8) is 0 Å². The molecule has 0 saturated carbocycles. The molecule has 0 fully saturated rings. The molecule has 0 radical (unpaired) electrons. The van der Waals surface area contributed by atoms with E-state index < -0.39 is 17.5 Å². The third-order valence-electron chi connectivity index (χ3n) is 4.51. The average Bonchev–Trinajstić information content (AvgIpc) is 2.94. The topological polar surface area (TPSA) is 89.0 Å². The lowest BCUT2D eigenvalue weighted by molar-refractivity contribution is -0.140. The molecule has 0 aliphatic carbocycles. The van der Waals surface area contributed by atoms with Gasteiger partial charge in [0.05, 0.1) is 6.61 Å². The van der Waals surface area contributed by atoms with Gasteiger partial charge in [0, 0.05) is 6.08 Å². The maximum absolute atomic E-state index is 12.4. The minimum absolute atomic E-state index is 0.0522. The van der Waals surface area contributed by atoms with Crippen molar-refractivity contribution in [2.24, 2.45) is 0 Å². The van der Waals surface area contributed by atoms with Crippen molar-refractivity contribution in [1.29, 1.82) is 0 Å². The fourth-order valence-electron chi connectivity index (χ4n) is 2.75. The minimum Gasteiger partial charge on any atom is -0.457 e. The normalized spacial score (nSPS) is 15.6. The number of carbonyl (C=O) groups excluding carboxylic acids is 2. The first kappa shape index (κ1) is 22.3. The molecule has 6 heteroatoms. The van der Waals surface area contributed by atoms with E-state index in [1.165, 1.54) is 0 Å². The number of esters is 1. The highest BCUT2D eigenvalue weighted by atomic mass is 16.5. The highest BCUT2D eigenvalue weighted by Gasteiger charge is 2.35. The van der Waals surface area contributed by atoms with Crippen molar-refractivity contribution in [3.8, 4) is 0 Å². The molecule has 1 aromatic rings. The van der Waals surface area contributed by atoms with Crippen molar-refractivity contribution in [3.05, 3.63) is 58.0 Å². The number of ketones is 1. The van der Waals surface area contributed by atoms with E-state index >= 15 is 0 Å². The van der Waals surface area contributed by atoms with Gasteiger partial charge in [-0.25, -0.2) is 4.79 Å². The van der Waals surface area contributed by atoms with Crippen molar-refractivity contribution in [2.45, 2.75) is 59.3 Å². The van der Waals surface area contributed by atoms with Crippen LogP contribution in [0.25, 0.3) is 11.6 Å². The largest absolute Gasteiger partial charge is 0.457 e. The Morgan fingerprint density at radius 1 is 1.10 bits per heavy atom. The van der Waals surface area contributed by atoms with Crippen molar-refractivity contribution < 1.29 is 23.9 Å². The second-order valence-corrected chi connectivity index (χ2v) is 9.00. The second-order valence-electron chi connectivity index (χ2n) is 9.00. The van der Waals surface area contributed by atoms with Crippen LogP contribution in [-0.4, -0.2) is 28.9 Å². The van der Waals surface area contributed by atoms with Crippen LogP contribution in [0.15, 0.2) is 35.8 Å². The molecule has 29 heavy (non-hydrogen) atoms. The van der Waals surface area contributed by atoms with Crippen LogP contribution in [0, 0.1) is 0 Å². The van der Waals surface area contributed by atoms with E-state index in [1.807, 2.05) is 12.1 Å². The first-order chi connectivity index (χ1) is 13.4. The van der Waals surface area contributed by atoms with Crippen LogP contribution < -0.4 is 0 Å². The molecule has 0 amide bonds. The summed E-state index contributed by atoms with van der Waals surface area (Å²) in [6, 6.07) is 6.22. The van der Waals surface area contributed by atoms with E-state index in [4.69, 9.17) is 15.0 Å². The van der Waals surface area contributed by atoms with Crippen LogP contribution >= 0.6 is 0 Å². The summed E-state index contributed by atoms with van der Waals surface area (Å²) in [6.45, 7) is 14.5. The van der Waals surface area contributed by atoms with Crippen LogP contribution in [0.2, 0.25) is 0 Å². The molecule has 154 valence electrons. The fraction of sp³-hybridized carbons (Fsp3) is 0.435. The van der Waals surface area contributed by atoms with Gasteiger partial charge in [0.15, 0.2) is 5.76 Å². The Morgan fingerprint density at radius 2 is 1.66 bits per heavy atom. The summed E-state index contributed by atoms with van der Waals surface area (Å²) in [5, 5.41) is 0. The lowest BCUT2D eigenvalue weighted by atomic mass is 9.79. The molecular weight excluding hydrogens is 368 g/mol. The molecule has 0 N–H and O–H groups in total. The number of benzene rings is 1. The molecule has 1 heterocycles. The van der Waals surface area contributed by atoms with Gasteiger partial charge in [0.25, 0.3) is 0 Å². The molecule has 6 nitrogen and oxygen atoms in total. The quantitative estimate of drug-likeness (QED) is 0.249. The summed E-state index contributed by atoms with van der Waals surface area (Å²) >= 11 is 0. The van der Waals surface area contributed by atoms with Crippen molar-refractivity contribution in [1.82, 2.24) is 0 Å². The number of carbonyl (C=O) groups is 2. The fourth-order valence-corrected chi connectivity index (χ4v) is 2.75. The van der Waals surface area contributed by atoms with E-state index in [1.54, 1.807) is 13.0 Å². The van der Waals surface area contributed by atoms with Crippen LogP contribution in [0.4, 0.5) is 0 Å². The standard InChI is InChI=1S/C23H28N2O4/c1-8-28-21(27)20(25-24)19-13-17(26)18(29-19)11-14-9-15(22(2,3)4)12-16(10-14)23(5,6)7/h9-13H,8H2,1-7H3/b18-11+. The van der Waals surface area contributed by atoms with Gasteiger partial charge >= 0.3 is 11.7 Å². The van der Waals surface area contributed by atoms with E-state index in [2.05, 4.69) is 52.4 Å². The van der Waals surface area contributed by atoms with Crippen LogP contribution in [0.3, 0.4) is 0 Å². The zero-order chi connectivity index (χ0) is 22.0. The molecule has 0 aromatic heterocycles. The van der Waals surface area contributed by atoms with Gasteiger partial charge in [-0.3, -0.25) is 4.79 Å². The van der Waals surface area contributed by atoms with Gasteiger partial charge in [0.2, 0.25) is 11.5 Å². The third-order valence-corrected chi connectivity index (χ3v) is 4.51. The number of hydrogen-bond acceptors (Lipinski definition) is 4. The van der Waals surface area contributed by atoms with Crippen LogP contribution in [0.5, 0.6) is 0 Å². The van der Waals surface area contributed by atoms with E-state index in [0.717, 1.165) is 22.8 Å². The number of nitrogens with zero attached hydrogens (tertiary/aromatic N) is 2. The zero-order valence-corrected chi connectivity index (χ0v) is 18.1. The van der Waals surface area contributed by atoms with E-state index in [9.17, 15) is 9.59 Å². The molecule has 2 rings (SSSR count). The molecular formula is C23H28N2O4. The van der Waals surface area contributed by atoms with Gasteiger partial charge in [0.1, 0.15) is 0 Å². The molecule has 1 aromatic carbocycles. The van der Waals surface area contributed by atoms with Crippen molar-refractivity contribution in [2.75, 3.05) is 6.61 Å². The SMILES string of the molecule is CCOC(=O)C(=[N+]=[N-])C1=CC(=O)/C(=C\c2cc(C(C)(C)C)cc(C(C)(C)C)c2)O1. The summed E-state index contributed by atoms with van der Waals surface area (Å²) in [5.74, 6) is -1.36. The average molecular weight is 396 g/mol. The Bertz CT molecular complexity index is 918. The Hall–Kier alpha value is -2.98. The molecule has 0 spiro atoms. The number of hydrogen-bond donors (Lipinski definition) is 0. The Balaban J connectivity index is 2.44. The predicted molar refractivity (Wildman–Crippen MR) is 111 cm³/mol. The highest BCUT2D eigenvalue weighted by molar-refractivity contribution is 6.41. The first-order valence-corrected chi connectivity index (χ1v) is 9.58. The maximum atomic E-state index is 12.4. The Kier molecular flexibility index (Phi) is 6.29. The summed E-state index contributed by atoms with van der Waals surface area (Å²) in [4.78, 5) is 27.2. The third kappa shape index (κ3) is 5.30. The van der Waals surface area contributed by atoms with E-state index in [0.29, 0.717) is 0 Å². The summed E-state index contributed by atoms with van der Waals surface area (Å²) in [5.41, 5.74) is 11.6. The first-order valence-electron chi connectivity index (χ1n) is 9.58. The smallest absolute Gasteiger partial charge is 0.441 e. The molecule has 0 unspecified atom stereocenters. The summed E-state index contributed by atoms with van der Waals surface area (Å²) in [7, 11) is 0. The van der Waals surface area contributed by atoms with Gasteiger partial charge < -0.3 is 15.0 Å². The summed E-state index contributed by atoms with van der Waals surface area (Å²) < 4.78 is 10.4. The maximum Gasteiger partial charge on any atom is 0.441 e. The Labute approximate surface area is 171 Å². The molecule has 0 saturated heterocycles.